The number of hydrogen-bond donors (Lipinski definition) is 2. The Bertz CT molecular complexity index is 405. The van der Waals surface area contributed by atoms with Crippen LogP contribution >= 0.6 is 0 Å². The third kappa shape index (κ3) is 3.37. The number of nitrogens with one attached hydrogen (secondary N) is 1. The second-order valence-corrected chi connectivity index (χ2v) is 5.54. The summed E-state index contributed by atoms with van der Waals surface area (Å²) in [5.41, 5.74) is 7.08. The number of nitrogen functional groups attached to an aromatic ring is 1. The molecule has 106 valence electrons. The standard InChI is InChI=1S/C15H26N4/c1-3-7-12-14(16)17-10-18-15(12)19-13-9-6-5-8-11(13)4-2/h10-11,13H,3-9H2,1-2H3,(H3,16,17,18,19). The molecule has 0 bridgehead atoms. The highest BCUT2D eigenvalue weighted by Crippen LogP contribution is 2.30. The van der Waals surface area contributed by atoms with E-state index in [1.54, 1.807) is 6.33 Å². The van der Waals surface area contributed by atoms with Crippen molar-refractivity contribution in [1.82, 2.24) is 9.97 Å². The lowest BCUT2D eigenvalue weighted by Gasteiger charge is -2.32. The van der Waals surface area contributed by atoms with Gasteiger partial charge in [-0.1, -0.05) is 39.5 Å². The molecule has 1 saturated carbocycles. The second-order valence-electron chi connectivity index (χ2n) is 5.54. The monoisotopic (exact) mass is 262 g/mol. The lowest BCUT2D eigenvalue weighted by Crippen LogP contribution is -2.32. The van der Waals surface area contributed by atoms with Crippen LogP contribution in [0.3, 0.4) is 0 Å². The topological polar surface area (TPSA) is 63.8 Å². The second kappa shape index (κ2) is 6.73. The first-order valence-electron chi connectivity index (χ1n) is 7.62. The van der Waals surface area contributed by atoms with Gasteiger partial charge < -0.3 is 11.1 Å². The minimum atomic E-state index is 0.545. The molecule has 1 aliphatic rings. The van der Waals surface area contributed by atoms with Crippen molar-refractivity contribution in [2.45, 2.75) is 64.8 Å². The molecule has 1 aromatic rings. The number of hydrogen-bond acceptors (Lipinski definition) is 4. The highest BCUT2D eigenvalue weighted by Gasteiger charge is 2.24. The summed E-state index contributed by atoms with van der Waals surface area (Å²) in [6.45, 7) is 4.44. The Morgan fingerprint density at radius 3 is 2.79 bits per heavy atom. The van der Waals surface area contributed by atoms with Gasteiger partial charge in [-0.15, -0.1) is 0 Å². The zero-order chi connectivity index (χ0) is 13.7. The molecule has 0 saturated heterocycles. The van der Waals surface area contributed by atoms with Gasteiger partial charge in [-0.3, -0.25) is 0 Å². The fraction of sp³-hybridized carbons (Fsp3) is 0.733. The molecule has 2 atom stereocenters. The third-order valence-corrected chi connectivity index (χ3v) is 4.23. The van der Waals surface area contributed by atoms with Crippen LogP contribution in [-0.2, 0) is 6.42 Å². The highest BCUT2D eigenvalue weighted by molar-refractivity contribution is 5.55. The molecule has 2 rings (SSSR count). The highest BCUT2D eigenvalue weighted by atomic mass is 15.1. The van der Waals surface area contributed by atoms with Crippen LogP contribution in [0, 0.1) is 5.92 Å². The summed E-state index contributed by atoms with van der Waals surface area (Å²) in [4.78, 5) is 8.54. The predicted octanol–water partition coefficient (Wildman–Crippen LogP) is 3.39. The van der Waals surface area contributed by atoms with Crippen LogP contribution in [0.4, 0.5) is 11.6 Å². The zero-order valence-corrected chi connectivity index (χ0v) is 12.2. The summed E-state index contributed by atoms with van der Waals surface area (Å²) in [6.07, 6.45) is 10.1. The smallest absolute Gasteiger partial charge is 0.134 e. The van der Waals surface area contributed by atoms with Gasteiger partial charge in [0.15, 0.2) is 0 Å². The summed E-state index contributed by atoms with van der Waals surface area (Å²) in [5, 5.41) is 3.64. The van der Waals surface area contributed by atoms with Crippen molar-refractivity contribution in [1.29, 1.82) is 0 Å². The van der Waals surface area contributed by atoms with E-state index in [-0.39, 0.29) is 0 Å². The lowest BCUT2D eigenvalue weighted by atomic mass is 9.83. The van der Waals surface area contributed by atoms with Crippen molar-refractivity contribution in [3.63, 3.8) is 0 Å². The van der Waals surface area contributed by atoms with E-state index >= 15 is 0 Å². The van der Waals surface area contributed by atoms with E-state index in [0.29, 0.717) is 11.9 Å². The molecule has 19 heavy (non-hydrogen) atoms. The Morgan fingerprint density at radius 1 is 1.26 bits per heavy atom. The van der Waals surface area contributed by atoms with Crippen molar-refractivity contribution >= 4 is 11.6 Å². The summed E-state index contributed by atoms with van der Waals surface area (Å²) < 4.78 is 0. The van der Waals surface area contributed by atoms with Gasteiger partial charge in [-0.2, -0.15) is 0 Å². The summed E-state index contributed by atoms with van der Waals surface area (Å²) in [6, 6.07) is 0.545. The van der Waals surface area contributed by atoms with Gasteiger partial charge in [-0.25, -0.2) is 9.97 Å². The molecular weight excluding hydrogens is 236 g/mol. The average molecular weight is 262 g/mol. The van der Waals surface area contributed by atoms with Crippen LogP contribution in [0.1, 0.15) is 57.9 Å². The Balaban J connectivity index is 2.15. The van der Waals surface area contributed by atoms with Crippen molar-refractivity contribution in [3.8, 4) is 0 Å². The molecule has 1 aromatic heterocycles. The molecule has 1 heterocycles. The Morgan fingerprint density at radius 2 is 2.05 bits per heavy atom. The maximum absolute atomic E-state index is 5.99. The van der Waals surface area contributed by atoms with Gasteiger partial charge in [0.25, 0.3) is 0 Å². The van der Waals surface area contributed by atoms with Crippen LogP contribution in [0.5, 0.6) is 0 Å². The number of aromatic nitrogens is 2. The van der Waals surface area contributed by atoms with Crippen molar-refractivity contribution in [2.24, 2.45) is 5.92 Å². The normalized spacial score (nSPS) is 23.3. The Labute approximate surface area is 116 Å². The number of nitrogens with two attached hydrogens (primary N) is 1. The average Bonchev–Trinajstić information content (AvgIpc) is 2.43. The largest absolute Gasteiger partial charge is 0.383 e. The van der Waals surface area contributed by atoms with Gasteiger partial charge in [0.1, 0.15) is 18.0 Å². The van der Waals surface area contributed by atoms with Crippen molar-refractivity contribution in [3.05, 3.63) is 11.9 Å². The number of anilines is 2. The molecule has 1 aliphatic carbocycles. The SMILES string of the molecule is CCCc1c(N)ncnc1NC1CCCCC1CC. The summed E-state index contributed by atoms with van der Waals surface area (Å²) in [7, 11) is 0. The van der Waals surface area contributed by atoms with E-state index < -0.39 is 0 Å². The number of rotatable bonds is 5. The Hall–Kier alpha value is -1.32. The fourth-order valence-electron chi connectivity index (χ4n) is 3.11. The molecule has 1 fully saturated rings. The minimum Gasteiger partial charge on any atom is -0.383 e. The molecular formula is C15H26N4. The molecule has 0 amide bonds. The molecule has 2 unspecified atom stereocenters. The van der Waals surface area contributed by atoms with Crippen LogP contribution in [-0.4, -0.2) is 16.0 Å². The van der Waals surface area contributed by atoms with E-state index in [4.69, 9.17) is 5.73 Å². The first-order chi connectivity index (χ1) is 9.26. The molecule has 0 aromatic carbocycles. The van der Waals surface area contributed by atoms with Gasteiger partial charge in [0.05, 0.1) is 0 Å². The maximum atomic E-state index is 5.99. The van der Waals surface area contributed by atoms with Crippen molar-refractivity contribution in [2.75, 3.05) is 11.1 Å². The van der Waals surface area contributed by atoms with Gasteiger partial charge in [-0.05, 0) is 25.2 Å². The minimum absolute atomic E-state index is 0.545. The zero-order valence-electron chi connectivity index (χ0n) is 12.2. The van der Waals surface area contributed by atoms with Gasteiger partial charge in [0, 0.05) is 11.6 Å². The van der Waals surface area contributed by atoms with E-state index in [2.05, 4.69) is 29.1 Å². The van der Waals surface area contributed by atoms with E-state index in [0.717, 1.165) is 30.1 Å². The van der Waals surface area contributed by atoms with Crippen LogP contribution in [0.15, 0.2) is 6.33 Å². The van der Waals surface area contributed by atoms with E-state index in [1.807, 2.05) is 0 Å². The first kappa shape index (κ1) is 14.1. The number of nitrogens with zero attached hydrogens (tertiary/aromatic N) is 2. The van der Waals surface area contributed by atoms with Gasteiger partial charge >= 0.3 is 0 Å². The summed E-state index contributed by atoms with van der Waals surface area (Å²) >= 11 is 0. The van der Waals surface area contributed by atoms with E-state index in [1.165, 1.54) is 32.1 Å². The fourth-order valence-corrected chi connectivity index (χ4v) is 3.11. The van der Waals surface area contributed by atoms with Crippen LogP contribution in [0.25, 0.3) is 0 Å². The quantitative estimate of drug-likeness (QED) is 0.853. The van der Waals surface area contributed by atoms with Gasteiger partial charge in [0.2, 0.25) is 0 Å². The van der Waals surface area contributed by atoms with Crippen LogP contribution in [0.2, 0.25) is 0 Å². The Kier molecular flexibility index (Phi) is 5.00. The molecule has 0 aliphatic heterocycles. The van der Waals surface area contributed by atoms with Crippen molar-refractivity contribution < 1.29 is 0 Å². The molecule has 0 spiro atoms. The van der Waals surface area contributed by atoms with Crippen LogP contribution < -0.4 is 11.1 Å². The van der Waals surface area contributed by atoms with E-state index in [9.17, 15) is 0 Å². The summed E-state index contributed by atoms with van der Waals surface area (Å²) in [5.74, 6) is 2.35. The molecule has 4 nitrogen and oxygen atoms in total. The first-order valence-corrected chi connectivity index (χ1v) is 7.62. The third-order valence-electron chi connectivity index (χ3n) is 4.23. The lowest BCUT2D eigenvalue weighted by molar-refractivity contribution is 0.316. The maximum Gasteiger partial charge on any atom is 0.134 e. The molecule has 0 radical (unpaired) electrons. The molecule has 3 N–H and O–H groups in total. The molecule has 4 heteroatoms. The predicted molar refractivity (Wildman–Crippen MR) is 80.1 cm³/mol.